The summed E-state index contributed by atoms with van der Waals surface area (Å²) >= 11 is 5.79. The summed E-state index contributed by atoms with van der Waals surface area (Å²) in [6.45, 7) is 2.18. The second-order valence-corrected chi connectivity index (χ2v) is 6.12. The van der Waals surface area contributed by atoms with Crippen LogP contribution in [0.2, 0.25) is 5.02 Å². The number of nitrogens with one attached hydrogen (secondary N) is 1. The van der Waals surface area contributed by atoms with Crippen molar-refractivity contribution in [2.24, 2.45) is 11.0 Å². The molecule has 0 radical (unpaired) electrons. The molecule has 0 spiro atoms. The largest absolute Gasteiger partial charge is 0.484 e. The Morgan fingerprint density at radius 2 is 2.00 bits per heavy atom. The zero-order valence-corrected chi connectivity index (χ0v) is 13.7. The Morgan fingerprint density at radius 3 is 2.64 bits per heavy atom. The Labute approximate surface area is 136 Å². The van der Waals surface area contributed by atoms with Crippen molar-refractivity contribution < 1.29 is 9.53 Å². The first-order valence-corrected chi connectivity index (χ1v) is 8.27. The molecule has 4 nitrogen and oxygen atoms in total. The normalized spacial score (nSPS) is 17.9. The van der Waals surface area contributed by atoms with E-state index in [1.165, 1.54) is 25.7 Å². The van der Waals surface area contributed by atoms with Gasteiger partial charge >= 0.3 is 0 Å². The van der Waals surface area contributed by atoms with Gasteiger partial charge in [-0.2, -0.15) is 5.10 Å². The van der Waals surface area contributed by atoms with E-state index in [0.717, 1.165) is 24.5 Å². The second kappa shape index (κ2) is 8.79. The SMILES string of the molecule is CCCC1CCC(=NNC(=O)COc2ccc(Cl)cc2)CC1. The van der Waals surface area contributed by atoms with Crippen LogP contribution in [0.15, 0.2) is 29.4 Å². The average Bonchev–Trinajstić information content (AvgIpc) is 2.54. The zero-order chi connectivity index (χ0) is 15.8. The first kappa shape index (κ1) is 16.8. The highest BCUT2D eigenvalue weighted by molar-refractivity contribution is 6.30. The fraction of sp³-hybridized carbons (Fsp3) is 0.529. The summed E-state index contributed by atoms with van der Waals surface area (Å²) in [6, 6.07) is 6.92. The molecule has 22 heavy (non-hydrogen) atoms. The number of nitrogens with zero attached hydrogens (tertiary/aromatic N) is 1. The molecule has 0 heterocycles. The van der Waals surface area contributed by atoms with Crippen molar-refractivity contribution in [3.63, 3.8) is 0 Å². The van der Waals surface area contributed by atoms with E-state index in [4.69, 9.17) is 16.3 Å². The Kier molecular flexibility index (Phi) is 6.72. The Balaban J connectivity index is 1.69. The smallest absolute Gasteiger partial charge is 0.277 e. The van der Waals surface area contributed by atoms with E-state index in [1.54, 1.807) is 24.3 Å². The molecule has 1 saturated carbocycles. The molecular weight excluding hydrogens is 300 g/mol. The number of halogens is 1. The van der Waals surface area contributed by atoms with Gasteiger partial charge in [0.05, 0.1) is 0 Å². The molecule has 0 aromatic heterocycles. The summed E-state index contributed by atoms with van der Waals surface area (Å²) in [7, 11) is 0. The van der Waals surface area contributed by atoms with Crippen molar-refractivity contribution in [3.8, 4) is 5.75 Å². The van der Waals surface area contributed by atoms with Crippen molar-refractivity contribution in [2.45, 2.75) is 45.4 Å². The van der Waals surface area contributed by atoms with Crippen LogP contribution in [0.5, 0.6) is 5.75 Å². The number of hydrazone groups is 1. The van der Waals surface area contributed by atoms with E-state index in [9.17, 15) is 4.79 Å². The Morgan fingerprint density at radius 1 is 1.32 bits per heavy atom. The minimum Gasteiger partial charge on any atom is -0.484 e. The first-order valence-electron chi connectivity index (χ1n) is 7.90. The molecule has 0 unspecified atom stereocenters. The molecule has 1 aliphatic carbocycles. The summed E-state index contributed by atoms with van der Waals surface area (Å²) in [5.74, 6) is 1.21. The number of ether oxygens (including phenoxy) is 1. The van der Waals surface area contributed by atoms with Crippen LogP contribution < -0.4 is 10.2 Å². The minimum absolute atomic E-state index is 0.0448. The number of carbonyl (C=O) groups excluding carboxylic acids is 1. The molecule has 1 fully saturated rings. The number of amides is 1. The molecule has 1 aliphatic rings. The predicted octanol–water partition coefficient (Wildman–Crippen LogP) is 4.18. The number of hydrogen-bond donors (Lipinski definition) is 1. The van der Waals surface area contributed by atoms with Crippen LogP contribution >= 0.6 is 11.6 Å². The van der Waals surface area contributed by atoms with E-state index in [-0.39, 0.29) is 12.5 Å². The molecule has 5 heteroatoms. The van der Waals surface area contributed by atoms with E-state index < -0.39 is 0 Å². The van der Waals surface area contributed by atoms with Crippen molar-refractivity contribution in [1.82, 2.24) is 5.43 Å². The van der Waals surface area contributed by atoms with Crippen molar-refractivity contribution in [3.05, 3.63) is 29.3 Å². The molecule has 0 bridgehead atoms. The molecule has 1 aromatic rings. The van der Waals surface area contributed by atoms with Crippen LogP contribution in [0.1, 0.15) is 45.4 Å². The van der Waals surface area contributed by atoms with Crippen molar-refractivity contribution in [2.75, 3.05) is 6.61 Å². The molecule has 0 saturated heterocycles. The highest BCUT2D eigenvalue weighted by atomic mass is 35.5. The summed E-state index contributed by atoms with van der Waals surface area (Å²) in [5.41, 5.74) is 3.67. The number of hydrogen-bond acceptors (Lipinski definition) is 3. The zero-order valence-electron chi connectivity index (χ0n) is 13.0. The lowest BCUT2D eigenvalue weighted by molar-refractivity contribution is -0.123. The quantitative estimate of drug-likeness (QED) is 0.799. The fourth-order valence-electron chi connectivity index (χ4n) is 2.67. The van der Waals surface area contributed by atoms with Gasteiger partial charge in [-0.15, -0.1) is 0 Å². The van der Waals surface area contributed by atoms with Crippen LogP contribution in [-0.2, 0) is 4.79 Å². The fourth-order valence-corrected chi connectivity index (χ4v) is 2.80. The number of carbonyl (C=O) groups is 1. The number of benzene rings is 1. The summed E-state index contributed by atoms with van der Waals surface area (Å²) in [6.07, 6.45) is 6.89. The van der Waals surface area contributed by atoms with Crippen LogP contribution in [0.3, 0.4) is 0 Å². The lowest BCUT2D eigenvalue weighted by Crippen LogP contribution is -2.26. The topological polar surface area (TPSA) is 50.7 Å². The van der Waals surface area contributed by atoms with Gasteiger partial charge in [0, 0.05) is 10.7 Å². The van der Waals surface area contributed by atoms with Gasteiger partial charge < -0.3 is 4.74 Å². The van der Waals surface area contributed by atoms with Crippen LogP contribution in [-0.4, -0.2) is 18.2 Å². The number of rotatable bonds is 6. The molecule has 0 atom stereocenters. The van der Waals surface area contributed by atoms with Gasteiger partial charge in [0.2, 0.25) is 0 Å². The van der Waals surface area contributed by atoms with Gasteiger partial charge in [0.1, 0.15) is 5.75 Å². The van der Waals surface area contributed by atoms with Crippen LogP contribution in [0.4, 0.5) is 0 Å². The molecule has 2 rings (SSSR count). The molecule has 1 amide bonds. The van der Waals surface area contributed by atoms with Crippen molar-refractivity contribution in [1.29, 1.82) is 0 Å². The third-order valence-corrected chi connectivity index (χ3v) is 4.15. The lowest BCUT2D eigenvalue weighted by Gasteiger charge is -2.22. The van der Waals surface area contributed by atoms with E-state index >= 15 is 0 Å². The summed E-state index contributed by atoms with van der Waals surface area (Å²) < 4.78 is 5.37. The van der Waals surface area contributed by atoms with E-state index in [1.807, 2.05) is 0 Å². The lowest BCUT2D eigenvalue weighted by atomic mass is 9.85. The van der Waals surface area contributed by atoms with Crippen molar-refractivity contribution >= 4 is 23.2 Å². The third kappa shape index (κ3) is 5.68. The average molecular weight is 323 g/mol. The van der Waals surface area contributed by atoms with Crippen LogP contribution in [0.25, 0.3) is 0 Å². The maximum Gasteiger partial charge on any atom is 0.277 e. The molecule has 0 aliphatic heterocycles. The molecular formula is C17H23ClN2O2. The van der Waals surface area contributed by atoms with Gasteiger partial charge in [-0.1, -0.05) is 31.4 Å². The van der Waals surface area contributed by atoms with Gasteiger partial charge in [-0.05, 0) is 55.9 Å². The molecule has 1 aromatic carbocycles. The first-order chi connectivity index (χ1) is 10.7. The Bertz CT molecular complexity index is 504. The standard InChI is InChI=1S/C17H23ClN2O2/c1-2-3-13-4-8-15(9-5-13)19-20-17(21)12-22-16-10-6-14(18)7-11-16/h6-7,10-11,13H,2-5,8-9,12H2,1H3,(H,20,21). The van der Waals surface area contributed by atoms with E-state index in [0.29, 0.717) is 10.8 Å². The Hall–Kier alpha value is -1.55. The summed E-state index contributed by atoms with van der Waals surface area (Å²) in [4.78, 5) is 11.7. The van der Waals surface area contributed by atoms with E-state index in [2.05, 4.69) is 17.5 Å². The van der Waals surface area contributed by atoms with Gasteiger partial charge in [0.25, 0.3) is 5.91 Å². The highest BCUT2D eigenvalue weighted by Crippen LogP contribution is 2.25. The third-order valence-electron chi connectivity index (χ3n) is 3.90. The van der Waals surface area contributed by atoms with Gasteiger partial charge in [-0.25, -0.2) is 5.43 Å². The van der Waals surface area contributed by atoms with Crippen LogP contribution in [0, 0.1) is 5.92 Å². The maximum absolute atomic E-state index is 11.7. The van der Waals surface area contributed by atoms with Gasteiger partial charge in [0.15, 0.2) is 6.61 Å². The monoisotopic (exact) mass is 322 g/mol. The van der Waals surface area contributed by atoms with Gasteiger partial charge in [-0.3, -0.25) is 4.79 Å². The minimum atomic E-state index is -0.238. The summed E-state index contributed by atoms with van der Waals surface area (Å²) in [5, 5.41) is 4.86. The molecule has 1 N–H and O–H groups in total. The second-order valence-electron chi connectivity index (χ2n) is 5.69. The predicted molar refractivity (Wildman–Crippen MR) is 89.4 cm³/mol. The molecule has 120 valence electrons. The maximum atomic E-state index is 11.7. The highest BCUT2D eigenvalue weighted by Gasteiger charge is 2.17.